The van der Waals surface area contributed by atoms with Crippen molar-refractivity contribution >= 4 is 41.5 Å². The topological polar surface area (TPSA) is 55.1 Å². The Labute approximate surface area is 134 Å². The van der Waals surface area contributed by atoms with Crippen molar-refractivity contribution in [2.75, 3.05) is 0 Å². The minimum atomic E-state index is -0.585. The van der Waals surface area contributed by atoms with E-state index in [0.717, 1.165) is 6.42 Å². The molecule has 20 heavy (non-hydrogen) atoms. The van der Waals surface area contributed by atoms with Gasteiger partial charge in [-0.3, -0.25) is 4.79 Å². The van der Waals surface area contributed by atoms with Gasteiger partial charge in [0.2, 0.25) is 5.91 Å². The number of hydrogen-bond donors (Lipinski definition) is 2. The van der Waals surface area contributed by atoms with Crippen molar-refractivity contribution in [2.45, 2.75) is 38.8 Å². The molecular formula is C13H18Cl3FN2O. The molecule has 1 rings (SSSR count). The van der Waals surface area contributed by atoms with Gasteiger partial charge in [-0.15, -0.1) is 12.4 Å². The maximum atomic E-state index is 13.4. The lowest BCUT2D eigenvalue weighted by Gasteiger charge is -2.19. The first-order valence-corrected chi connectivity index (χ1v) is 6.83. The molecule has 0 bridgehead atoms. The van der Waals surface area contributed by atoms with E-state index in [2.05, 4.69) is 5.32 Å². The number of nitrogens with two attached hydrogens (primary N) is 1. The van der Waals surface area contributed by atoms with Crippen molar-refractivity contribution in [2.24, 2.45) is 5.73 Å². The summed E-state index contributed by atoms with van der Waals surface area (Å²) in [6.45, 7) is 3.62. The van der Waals surface area contributed by atoms with Crippen LogP contribution in [0.3, 0.4) is 0 Å². The van der Waals surface area contributed by atoms with Crippen LogP contribution in [-0.2, 0) is 4.79 Å². The second-order valence-corrected chi connectivity index (χ2v) is 5.17. The van der Waals surface area contributed by atoms with E-state index in [1.54, 1.807) is 6.92 Å². The highest BCUT2D eigenvalue weighted by Crippen LogP contribution is 2.32. The van der Waals surface area contributed by atoms with Crippen molar-refractivity contribution in [3.05, 3.63) is 33.6 Å². The molecule has 3 nitrogen and oxygen atoms in total. The van der Waals surface area contributed by atoms with Crippen LogP contribution in [0.25, 0.3) is 0 Å². The molecule has 1 aromatic rings. The van der Waals surface area contributed by atoms with E-state index >= 15 is 0 Å². The first kappa shape index (κ1) is 19.4. The standard InChI is InChI=1S/C13H17Cl2FN2O.ClH/c1-3-4-10(17)13(19)18-7(2)11-8(14)5-6-9(16)12(11)15;/h5-7,10H,3-4,17H2,1-2H3,(H,18,19);1H. The number of carbonyl (C=O) groups is 1. The SMILES string of the molecule is CCCC(N)C(=O)NC(C)c1c(Cl)ccc(F)c1Cl.Cl. The van der Waals surface area contributed by atoms with E-state index in [-0.39, 0.29) is 23.3 Å². The zero-order valence-corrected chi connectivity index (χ0v) is 13.6. The average Bonchev–Trinajstić information content (AvgIpc) is 2.34. The molecule has 1 amide bonds. The van der Waals surface area contributed by atoms with E-state index in [0.29, 0.717) is 17.0 Å². The molecule has 0 saturated heterocycles. The summed E-state index contributed by atoms with van der Waals surface area (Å²) in [5, 5.41) is 2.92. The van der Waals surface area contributed by atoms with Gasteiger partial charge in [0.05, 0.1) is 17.1 Å². The molecule has 0 spiro atoms. The highest BCUT2D eigenvalue weighted by molar-refractivity contribution is 6.36. The molecule has 0 fully saturated rings. The normalized spacial score (nSPS) is 13.3. The Morgan fingerprint density at radius 2 is 2.05 bits per heavy atom. The largest absolute Gasteiger partial charge is 0.348 e. The highest BCUT2D eigenvalue weighted by atomic mass is 35.5. The summed E-state index contributed by atoms with van der Waals surface area (Å²) >= 11 is 11.9. The molecule has 0 aliphatic heterocycles. The van der Waals surface area contributed by atoms with Crippen LogP contribution in [0.5, 0.6) is 0 Å². The summed E-state index contributed by atoms with van der Waals surface area (Å²) in [6.07, 6.45) is 1.40. The molecule has 0 radical (unpaired) electrons. The first-order valence-electron chi connectivity index (χ1n) is 6.07. The Morgan fingerprint density at radius 1 is 1.45 bits per heavy atom. The van der Waals surface area contributed by atoms with Crippen molar-refractivity contribution in [1.82, 2.24) is 5.32 Å². The number of hydrogen-bond acceptors (Lipinski definition) is 2. The zero-order chi connectivity index (χ0) is 14.6. The zero-order valence-electron chi connectivity index (χ0n) is 11.3. The van der Waals surface area contributed by atoms with Crippen molar-refractivity contribution in [3.63, 3.8) is 0 Å². The van der Waals surface area contributed by atoms with Crippen LogP contribution in [0.2, 0.25) is 10.0 Å². The van der Waals surface area contributed by atoms with Crippen molar-refractivity contribution in [1.29, 1.82) is 0 Å². The molecule has 0 heterocycles. The highest BCUT2D eigenvalue weighted by Gasteiger charge is 2.21. The number of amides is 1. The predicted molar refractivity (Wildman–Crippen MR) is 83.1 cm³/mol. The van der Waals surface area contributed by atoms with Crippen LogP contribution in [0.1, 0.15) is 38.3 Å². The monoisotopic (exact) mass is 342 g/mol. The molecular weight excluding hydrogens is 326 g/mol. The fraction of sp³-hybridized carbons (Fsp3) is 0.462. The molecule has 2 atom stereocenters. The van der Waals surface area contributed by atoms with Crippen LogP contribution < -0.4 is 11.1 Å². The summed E-state index contributed by atoms with van der Waals surface area (Å²) in [5.74, 6) is -0.870. The number of carbonyl (C=O) groups excluding carboxylic acids is 1. The molecule has 7 heteroatoms. The maximum Gasteiger partial charge on any atom is 0.237 e. The molecule has 0 aromatic heterocycles. The van der Waals surface area contributed by atoms with Gasteiger partial charge in [-0.2, -0.15) is 0 Å². The van der Waals surface area contributed by atoms with Crippen LogP contribution in [-0.4, -0.2) is 11.9 Å². The predicted octanol–water partition coefficient (Wildman–Crippen LogP) is 3.86. The second kappa shape index (κ2) is 8.67. The number of nitrogens with one attached hydrogen (secondary N) is 1. The molecule has 3 N–H and O–H groups in total. The Kier molecular flexibility index (Phi) is 8.44. The quantitative estimate of drug-likeness (QED) is 0.798. The lowest BCUT2D eigenvalue weighted by Crippen LogP contribution is -2.41. The second-order valence-electron chi connectivity index (χ2n) is 4.38. The van der Waals surface area contributed by atoms with Crippen LogP contribution in [0, 0.1) is 5.82 Å². The van der Waals surface area contributed by atoms with Crippen molar-refractivity contribution in [3.8, 4) is 0 Å². The van der Waals surface area contributed by atoms with Gasteiger partial charge in [-0.25, -0.2) is 4.39 Å². The summed E-state index contributed by atoms with van der Waals surface area (Å²) in [7, 11) is 0. The molecule has 0 aliphatic carbocycles. The van der Waals surface area contributed by atoms with Gasteiger partial charge < -0.3 is 11.1 Å². The van der Waals surface area contributed by atoms with Gasteiger partial charge in [-0.05, 0) is 25.5 Å². The summed E-state index contributed by atoms with van der Waals surface area (Å²) in [4.78, 5) is 11.8. The van der Waals surface area contributed by atoms with Gasteiger partial charge in [0.15, 0.2) is 0 Å². The third-order valence-electron chi connectivity index (χ3n) is 2.81. The van der Waals surface area contributed by atoms with E-state index in [4.69, 9.17) is 28.9 Å². The fourth-order valence-corrected chi connectivity index (χ4v) is 2.47. The van der Waals surface area contributed by atoms with E-state index in [1.807, 2.05) is 6.92 Å². The van der Waals surface area contributed by atoms with Gasteiger partial charge in [0.25, 0.3) is 0 Å². The van der Waals surface area contributed by atoms with Crippen LogP contribution in [0.15, 0.2) is 12.1 Å². The smallest absolute Gasteiger partial charge is 0.237 e. The lowest BCUT2D eigenvalue weighted by atomic mass is 10.1. The molecule has 0 aliphatic rings. The first-order chi connectivity index (χ1) is 8.88. The van der Waals surface area contributed by atoms with Crippen LogP contribution >= 0.6 is 35.6 Å². The van der Waals surface area contributed by atoms with E-state index < -0.39 is 17.9 Å². The van der Waals surface area contributed by atoms with E-state index in [9.17, 15) is 9.18 Å². The van der Waals surface area contributed by atoms with Gasteiger partial charge in [-0.1, -0.05) is 36.5 Å². The number of rotatable bonds is 5. The van der Waals surface area contributed by atoms with Crippen molar-refractivity contribution < 1.29 is 9.18 Å². The maximum absolute atomic E-state index is 13.4. The Balaban J connectivity index is 0.00000361. The Bertz CT molecular complexity index is 471. The fourth-order valence-electron chi connectivity index (χ4n) is 1.77. The summed E-state index contributed by atoms with van der Waals surface area (Å²) in [5.41, 5.74) is 6.07. The minimum Gasteiger partial charge on any atom is -0.348 e. The lowest BCUT2D eigenvalue weighted by molar-refractivity contribution is -0.123. The Hall–Kier alpha value is -0.550. The minimum absolute atomic E-state index is 0. The van der Waals surface area contributed by atoms with Gasteiger partial charge >= 0.3 is 0 Å². The third kappa shape index (κ3) is 4.77. The van der Waals surface area contributed by atoms with Gasteiger partial charge in [0, 0.05) is 10.6 Å². The molecule has 114 valence electrons. The summed E-state index contributed by atoms with van der Waals surface area (Å²) in [6, 6.07) is 1.50. The van der Waals surface area contributed by atoms with Gasteiger partial charge in [0.1, 0.15) is 5.82 Å². The number of benzene rings is 1. The third-order valence-corrected chi connectivity index (χ3v) is 3.52. The molecule has 2 unspecified atom stereocenters. The van der Waals surface area contributed by atoms with E-state index in [1.165, 1.54) is 12.1 Å². The van der Waals surface area contributed by atoms with Crippen LogP contribution in [0.4, 0.5) is 4.39 Å². The Morgan fingerprint density at radius 3 is 2.60 bits per heavy atom. The summed E-state index contributed by atoms with van der Waals surface area (Å²) < 4.78 is 13.4. The number of halogens is 4. The average molecular weight is 344 g/mol. The molecule has 0 saturated carbocycles. The molecule has 1 aromatic carbocycles.